The highest BCUT2D eigenvalue weighted by molar-refractivity contribution is 6.30. The van der Waals surface area contributed by atoms with Crippen LogP contribution in [-0.4, -0.2) is 14.8 Å². The first-order chi connectivity index (χ1) is 3.30. The molecular formula is C5H6NSi. The van der Waals surface area contributed by atoms with E-state index in [-0.39, 0.29) is 0 Å². The second-order valence-corrected chi connectivity index (χ2v) is 2.02. The molecular weight excluding hydrogens is 102 g/mol. The fraction of sp³-hybridized carbons (Fsp3) is 0.200. The first-order valence-corrected chi connectivity index (χ1v) is 2.63. The van der Waals surface area contributed by atoms with E-state index in [0.717, 1.165) is 5.32 Å². The Bertz CT molecular complexity index is 140. The molecule has 0 unspecified atom stereocenters. The van der Waals surface area contributed by atoms with Crippen LogP contribution in [0.15, 0.2) is 18.3 Å². The average molecular weight is 108 g/mol. The van der Waals surface area contributed by atoms with Crippen molar-refractivity contribution < 1.29 is 0 Å². The van der Waals surface area contributed by atoms with Crippen molar-refractivity contribution in [3.05, 3.63) is 18.3 Å². The fourth-order valence-electron chi connectivity index (χ4n) is 0.461. The lowest BCUT2D eigenvalue weighted by Gasteiger charge is -1.89. The van der Waals surface area contributed by atoms with Crippen molar-refractivity contribution >= 4 is 15.6 Å². The largest absolute Gasteiger partial charge is 0.359 e. The van der Waals surface area contributed by atoms with Crippen LogP contribution in [0.2, 0.25) is 0 Å². The monoisotopic (exact) mass is 108 g/mol. The summed E-state index contributed by atoms with van der Waals surface area (Å²) in [4.78, 5) is 0. The lowest BCUT2D eigenvalue weighted by molar-refractivity contribution is 0.959. The zero-order valence-corrected chi connectivity index (χ0v) is 5.18. The molecule has 2 heteroatoms. The standard InChI is InChI=1S/C5H6NSi/c1-6-4-2-3-5(6)7/h2-4H,1H3. The van der Waals surface area contributed by atoms with Gasteiger partial charge in [-0.05, 0) is 17.4 Å². The van der Waals surface area contributed by atoms with Gasteiger partial charge in [-0.2, -0.15) is 0 Å². The molecule has 3 radical (unpaired) electrons. The van der Waals surface area contributed by atoms with E-state index >= 15 is 0 Å². The van der Waals surface area contributed by atoms with E-state index in [9.17, 15) is 0 Å². The number of nitrogens with zero attached hydrogens (tertiary/aromatic N) is 1. The van der Waals surface area contributed by atoms with E-state index in [0.29, 0.717) is 0 Å². The summed E-state index contributed by atoms with van der Waals surface area (Å²) in [6.07, 6.45) is 1.99. The van der Waals surface area contributed by atoms with E-state index in [2.05, 4.69) is 10.2 Å². The van der Waals surface area contributed by atoms with Crippen molar-refractivity contribution in [1.29, 1.82) is 0 Å². The quantitative estimate of drug-likeness (QED) is 0.406. The Morgan fingerprint density at radius 2 is 2.43 bits per heavy atom. The molecule has 1 rings (SSSR count). The summed E-state index contributed by atoms with van der Waals surface area (Å²) in [5, 5.41) is 1.11. The van der Waals surface area contributed by atoms with E-state index in [1.165, 1.54) is 0 Å². The summed E-state index contributed by atoms with van der Waals surface area (Å²) < 4.78 is 2.00. The molecule has 0 fully saturated rings. The van der Waals surface area contributed by atoms with Crippen molar-refractivity contribution in [1.82, 2.24) is 4.57 Å². The van der Waals surface area contributed by atoms with Gasteiger partial charge in [-0.1, -0.05) is 0 Å². The molecule has 0 aliphatic carbocycles. The molecule has 0 aromatic carbocycles. The van der Waals surface area contributed by atoms with Crippen molar-refractivity contribution in [3.8, 4) is 0 Å². The van der Waals surface area contributed by atoms with Gasteiger partial charge in [-0.3, -0.25) is 0 Å². The molecule has 1 aromatic heterocycles. The molecule has 0 N–H and O–H groups in total. The molecule has 1 nitrogen and oxygen atoms in total. The van der Waals surface area contributed by atoms with Gasteiger partial charge < -0.3 is 4.57 Å². The van der Waals surface area contributed by atoms with Gasteiger partial charge in [0.2, 0.25) is 0 Å². The highest BCUT2D eigenvalue weighted by atomic mass is 28.1. The summed E-state index contributed by atoms with van der Waals surface area (Å²) in [6.45, 7) is 0. The maximum Gasteiger partial charge on any atom is 0.0964 e. The Balaban J connectivity index is 3.12. The van der Waals surface area contributed by atoms with Crippen molar-refractivity contribution in [2.24, 2.45) is 7.05 Å². The van der Waals surface area contributed by atoms with Crippen LogP contribution in [0, 0.1) is 0 Å². The lowest BCUT2D eigenvalue weighted by Crippen LogP contribution is -2.10. The molecule has 0 amide bonds. The predicted molar refractivity (Wildman–Crippen MR) is 30.8 cm³/mol. The predicted octanol–water partition coefficient (Wildman–Crippen LogP) is -0.181. The van der Waals surface area contributed by atoms with Crippen molar-refractivity contribution in [2.45, 2.75) is 0 Å². The first kappa shape index (κ1) is 4.65. The summed E-state index contributed by atoms with van der Waals surface area (Å²) in [5.41, 5.74) is 0. The average Bonchev–Trinajstić information content (AvgIpc) is 1.91. The third kappa shape index (κ3) is 0.745. The van der Waals surface area contributed by atoms with Crippen LogP contribution in [0.3, 0.4) is 0 Å². The molecule has 0 atom stereocenters. The van der Waals surface area contributed by atoms with Crippen LogP contribution in [0.5, 0.6) is 0 Å². The zero-order valence-electron chi connectivity index (χ0n) is 4.18. The van der Waals surface area contributed by atoms with Crippen LogP contribution in [0.4, 0.5) is 0 Å². The molecule has 1 heterocycles. The van der Waals surface area contributed by atoms with Crippen molar-refractivity contribution in [3.63, 3.8) is 0 Å². The molecule has 7 heavy (non-hydrogen) atoms. The van der Waals surface area contributed by atoms with Gasteiger partial charge in [0.05, 0.1) is 10.2 Å². The van der Waals surface area contributed by atoms with Gasteiger partial charge in [0.15, 0.2) is 0 Å². The first-order valence-electron chi connectivity index (χ1n) is 2.13. The number of aromatic nitrogens is 1. The molecule has 0 aliphatic rings. The highest BCUT2D eigenvalue weighted by Gasteiger charge is 1.82. The minimum absolute atomic E-state index is 1.11. The summed E-state index contributed by atoms with van der Waals surface area (Å²) >= 11 is 0. The van der Waals surface area contributed by atoms with E-state index in [1.54, 1.807) is 0 Å². The third-order valence-electron chi connectivity index (χ3n) is 0.944. The zero-order chi connectivity index (χ0) is 5.28. The van der Waals surface area contributed by atoms with Gasteiger partial charge >= 0.3 is 0 Å². The summed E-state index contributed by atoms with van der Waals surface area (Å²) in [5.74, 6) is 0. The summed E-state index contributed by atoms with van der Waals surface area (Å²) in [6, 6.07) is 3.99. The topological polar surface area (TPSA) is 4.93 Å². The Kier molecular flexibility index (Phi) is 1.02. The SMILES string of the molecule is Cn1cccc1[Si]. The van der Waals surface area contributed by atoms with E-state index in [4.69, 9.17) is 0 Å². The molecule has 0 bridgehead atoms. The molecule has 0 saturated heterocycles. The maximum absolute atomic E-state index is 3.37. The maximum atomic E-state index is 3.37. The molecule has 0 aliphatic heterocycles. The van der Waals surface area contributed by atoms with Gasteiger partial charge in [0, 0.05) is 13.2 Å². The summed E-state index contributed by atoms with van der Waals surface area (Å²) in [7, 11) is 5.36. The van der Waals surface area contributed by atoms with Gasteiger partial charge in [0.25, 0.3) is 0 Å². The number of rotatable bonds is 0. The van der Waals surface area contributed by atoms with Crippen molar-refractivity contribution in [2.75, 3.05) is 0 Å². The molecule has 0 spiro atoms. The third-order valence-corrected chi connectivity index (χ3v) is 1.46. The van der Waals surface area contributed by atoms with Crippen LogP contribution < -0.4 is 5.32 Å². The van der Waals surface area contributed by atoms with Gasteiger partial charge in [-0.15, -0.1) is 0 Å². The highest BCUT2D eigenvalue weighted by Crippen LogP contribution is 1.76. The smallest absolute Gasteiger partial charge is 0.0964 e. The Hall–Kier alpha value is -0.503. The van der Waals surface area contributed by atoms with Crippen LogP contribution in [0.25, 0.3) is 0 Å². The Morgan fingerprint density at radius 3 is 2.57 bits per heavy atom. The Morgan fingerprint density at radius 1 is 1.71 bits per heavy atom. The van der Waals surface area contributed by atoms with Crippen LogP contribution >= 0.6 is 0 Å². The molecule has 1 aromatic rings. The second kappa shape index (κ2) is 1.54. The number of aryl methyl sites for hydroxylation is 1. The van der Waals surface area contributed by atoms with Gasteiger partial charge in [0.1, 0.15) is 0 Å². The minimum Gasteiger partial charge on any atom is -0.359 e. The Labute approximate surface area is 46.4 Å². The minimum atomic E-state index is 1.11. The number of hydrogen-bond acceptors (Lipinski definition) is 0. The lowest BCUT2D eigenvalue weighted by atomic mass is 10.7. The van der Waals surface area contributed by atoms with Gasteiger partial charge in [-0.25, -0.2) is 0 Å². The van der Waals surface area contributed by atoms with Crippen LogP contribution in [-0.2, 0) is 7.05 Å². The van der Waals surface area contributed by atoms with E-state index in [1.807, 2.05) is 29.9 Å². The normalized spacial score (nSPS) is 9.43. The number of hydrogen-bond donors (Lipinski definition) is 0. The molecule has 35 valence electrons. The molecule has 0 saturated carbocycles. The fourth-order valence-corrected chi connectivity index (χ4v) is 0.632. The van der Waals surface area contributed by atoms with Crippen LogP contribution in [0.1, 0.15) is 0 Å². The van der Waals surface area contributed by atoms with E-state index < -0.39 is 0 Å². The second-order valence-electron chi connectivity index (χ2n) is 1.50.